The van der Waals surface area contributed by atoms with Crippen LogP contribution in [-0.2, 0) is 0 Å². The van der Waals surface area contributed by atoms with E-state index in [1.807, 2.05) is 0 Å². The monoisotopic (exact) mass is 306 g/mol. The number of nitro groups is 1. The van der Waals surface area contributed by atoms with Crippen LogP contribution in [0.2, 0.25) is 0 Å². The smallest absolute Gasteiger partial charge is 0.336 e. The maximum atomic E-state index is 12.3. The molecule has 0 aliphatic heterocycles. The van der Waals surface area contributed by atoms with E-state index in [4.69, 9.17) is 5.11 Å². The van der Waals surface area contributed by atoms with Crippen molar-refractivity contribution in [2.24, 2.45) is 0 Å². The van der Waals surface area contributed by atoms with Crippen molar-refractivity contribution in [2.45, 2.75) is 44.6 Å². The maximum absolute atomic E-state index is 12.3. The summed E-state index contributed by atoms with van der Waals surface area (Å²) in [4.78, 5) is 33.6. The molecule has 2 N–H and O–H groups in total. The number of nitrogens with zero attached hydrogens (tertiary/aromatic N) is 1. The Morgan fingerprint density at radius 2 is 1.77 bits per heavy atom. The average Bonchev–Trinajstić information content (AvgIpc) is 2.75. The van der Waals surface area contributed by atoms with Gasteiger partial charge < -0.3 is 10.4 Å². The first-order valence-corrected chi connectivity index (χ1v) is 7.31. The molecule has 1 aromatic rings. The molecule has 7 heteroatoms. The van der Waals surface area contributed by atoms with Crippen LogP contribution in [0.1, 0.15) is 59.2 Å². The highest BCUT2D eigenvalue weighted by atomic mass is 16.6. The Hall–Kier alpha value is -2.44. The lowest BCUT2D eigenvalue weighted by molar-refractivity contribution is -0.384. The van der Waals surface area contributed by atoms with Gasteiger partial charge in [-0.15, -0.1) is 0 Å². The molecule has 1 aromatic carbocycles. The van der Waals surface area contributed by atoms with E-state index in [2.05, 4.69) is 5.32 Å². The second-order valence-corrected chi connectivity index (χ2v) is 5.45. The largest absolute Gasteiger partial charge is 0.478 e. The fourth-order valence-electron chi connectivity index (χ4n) is 2.71. The van der Waals surface area contributed by atoms with E-state index in [0.29, 0.717) is 0 Å². The first-order valence-electron chi connectivity index (χ1n) is 7.31. The van der Waals surface area contributed by atoms with Crippen LogP contribution >= 0.6 is 0 Å². The number of benzene rings is 1. The maximum Gasteiger partial charge on any atom is 0.336 e. The Morgan fingerprint density at radius 3 is 2.32 bits per heavy atom. The molecule has 1 fully saturated rings. The van der Waals surface area contributed by atoms with Gasteiger partial charge in [0.05, 0.1) is 16.1 Å². The zero-order valence-electron chi connectivity index (χ0n) is 12.1. The normalized spacial score (nSPS) is 15.8. The summed E-state index contributed by atoms with van der Waals surface area (Å²) in [5, 5.41) is 22.7. The van der Waals surface area contributed by atoms with Crippen LogP contribution in [0, 0.1) is 10.1 Å². The Kier molecular flexibility index (Phi) is 5.08. The Balaban J connectivity index is 2.20. The zero-order valence-corrected chi connectivity index (χ0v) is 12.1. The van der Waals surface area contributed by atoms with Crippen molar-refractivity contribution >= 4 is 17.6 Å². The predicted octanol–water partition coefficient (Wildman–Crippen LogP) is 2.75. The van der Waals surface area contributed by atoms with Crippen molar-refractivity contribution in [3.05, 3.63) is 39.4 Å². The lowest BCUT2D eigenvalue weighted by atomic mass is 10.0. The van der Waals surface area contributed by atoms with Crippen LogP contribution in [0.5, 0.6) is 0 Å². The van der Waals surface area contributed by atoms with Crippen molar-refractivity contribution in [1.82, 2.24) is 5.32 Å². The van der Waals surface area contributed by atoms with Gasteiger partial charge in [-0.05, 0) is 18.9 Å². The first-order chi connectivity index (χ1) is 10.5. The number of nitrogens with one attached hydrogen (secondary N) is 1. The van der Waals surface area contributed by atoms with E-state index < -0.39 is 16.8 Å². The van der Waals surface area contributed by atoms with Gasteiger partial charge in [0.1, 0.15) is 0 Å². The lowest BCUT2D eigenvalue weighted by Gasteiger charge is -2.17. The summed E-state index contributed by atoms with van der Waals surface area (Å²) in [5.74, 6) is -1.84. The second kappa shape index (κ2) is 7.02. The quantitative estimate of drug-likeness (QED) is 0.505. The van der Waals surface area contributed by atoms with E-state index in [0.717, 1.165) is 50.7 Å². The molecule has 22 heavy (non-hydrogen) atoms. The van der Waals surface area contributed by atoms with Crippen molar-refractivity contribution in [3.63, 3.8) is 0 Å². The molecule has 2 rings (SSSR count). The van der Waals surface area contributed by atoms with Gasteiger partial charge in [0.2, 0.25) is 0 Å². The molecular weight excluding hydrogens is 288 g/mol. The SMILES string of the molecule is O=C(O)c1cc([N+](=O)[O-])ccc1C(=O)NC1CCCCCC1. The van der Waals surface area contributed by atoms with Crippen LogP contribution in [0.4, 0.5) is 5.69 Å². The fraction of sp³-hybridized carbons (Fsp3) is 0.467. The molecule has 0 aromatic heterocycles. The van der Waals surface area contributed by atoms with E-state index in [1.54, 1.807) is 0 Å². The number of carboxylic acids is 1. The van der Waals surface area contributed by atoms with E-state index in [9.17, 15) is 19.7 Å². The fourth-order valence-corrected chi connectivity index (χ4v) is 2.71. The number of carboxylic acid groups (broad SMARTS) is 1. The van der Waals surface area contributed by atoms with E-state index in [-0.39, 0.29) is 22.9 Å². The summed E-state index contributed by atoms with van der Waals surface area (Å²) in [6.07, 6.45) is 6.12. The van der Waals surface area contributed by atoms with Crippen LogP contribution in [0.25, 0.3) is 0 Å². The summed E-state index contributed by atoms with van der Waals surface area (Å²) in [6, 6.07) is 3.30. The molecule has 0 spiro atoms. The van der Waals surface area contributed by atoms with Gasteiger partial charge in [0.25, 0.3) is 11.6 Å². The van der Waals surface area contributed by atoms with Crippen LogP contribution < -0.4 is 5.32 Å². The molecule has 0 atom stereocenters. The molecule has 1 saturated carbocycles. The topological polar surface area (TPSA) is 110 Å². The molecule has 0 radical (unpaired) electrons. The van der Waals surface area contributed by atoms with Gasteiger partial charge in [-0.3, -0.25) is 14.9 Å². The zero-order chi connectivity index (χ0) is 16.1. The summed E-state index contributed by atoms with van der Waals surface area (Å²) in [7, 11) is 0. The van der Waals surface area contributed by atoms with Gasteiger partial charge in [-0.2, -0.15) is 0 Å². The first kappa shape index (κ1) is 15.9. The van der Waals surface area contributed by atoms with E-state index >= 15 is 0 Å². The van der Waals surface area contributed by atoms with Gasteiger partial charge in [-0.1, -0.05) is 25.7 Å². The minimum Gasteiger partial charge on any atom is -0.478 e. The summed E-state index contributed by atoms with van der Waals surface area (Å²) < 4.78 is 0. The molecule has 1 aliphatic rings. The number of aromatic carboxylic acids is 1. The van der Waals surface area contributed by atoms with Crippen LogP contribution in [0.3, 0.4) is 0 Å². The summed E-state index contributed by atoms with van der Waals surface area (Å²) >= 11 is 0. The summed E-state index contributed by atoms with van der Waals surface area (Å²) in [6.45, 7) is 0. The molecule has 1 amide bonds. The van der Waals surface area contributed by atoms with Crippen molar-refractivity contribution in [1.29, 1.82) is 0 Å². The highest BCUT2D eigenvalue weighted by molar-refractivity contribution is 6.05. The van der Waals surface area contributed by atoms with Crippen LogP contribution in [-0.4, -0.2) is 27.9 Å². The number of carbonyl (C=O) groups is 2. The number of non-ortho nitro benzene ring substituents is 1. The lowest BCUT2D eigenvalue weighted by Crippen LogP contribution is -2.35. The molecule has 118 valence electrons. The molecular formula is C15H18N2O5. The number of carbonyl (C=O) groups excluding carboxylic acids is 1. The highest BCUT2D eigenvalue weighted by Crippen LogP contribution is 2.20. The molecule has 0 bridgehead atoms. The molecule has 1 aliphatic carbocycles. The molecule has 0 unspecified atom stereocenters. The minimum atomic E-state index is -1.35. The van der Waals surface area contributed by atoms with Gasteiger partial charge in [0.15, 0.2) is 0 Å². The molecule has 0 heterocycles. The minimum absolute atomic E-state index is 0.0341. The highest BCUT2D eigenvalue weighted by Gasteiger charge is 2.22. The van der Waals surface area contributed by atoms with Crippen molar-refractivity contribution in [3.8, 4) is 0 Å². The second-order valence-electron chi connectivity index (χ2n) is 5.45. The van der Waals surface area contributed by atoms with Gasteiger partial charge >= 0.3 is 5.97 Å². The number of hydrogen-bond donors (Lipinski definition) is 2. The van der Waals surface area contributed by atoms with Crippen LogP contribution in [0.15, 0.2) is 18.2 Å². The predicted molar refractivity (Wildman–Crippen MR) is 79.0 cm³/mol. The Bertz CT molecular complexity index is 592. The van der Waals surface area contributed by atoms with Crippen molar-refractivity contribution in [2.75, 3.05) is 0 Å². The third kappa shape index (κ3) is 3.81. The molecule has 7 nitrogen and oxygen atoms in total. The van der Waals surface area contributed by atoms with Gasteiger partial charge in [-0.25, -0.2) is 4.79 Å². The molecule has 0 saturated heterocycles. The van der Waals surface area contributed by atoms with Gasteiger partial charge in [0, 0.05) is 18.2 Å². The number of hydrogen-bond acceptors (Lipinski definition) is 4. The number of rotatable bonds is 4. The Morgan fingerprint density at radius 1 is 1.14 bits per heavy atom. The standard InChI is InChI=1S/C15H18N2O5/c18-14(16-10-5-3-1-2-4-6-10)12-8-7-11(17(21)22)9-13(12)15(19)20/h7-10H,1-6H2,(H,16,18)(H,19,20). The number of amides is 1. The third-order valence-corrected chi connectivity index (χ3v) is 3.88. The summed E-state index contributed by atoms with van der Waals surface area (Å²) in [5.41, 5.74) is -0.730. The van der Waals surface area contributed by atoms with E-state index in [1.165, 1.54) is 6.07 Å². The number of nitro benzene ring substituents is 1. The van der Waals surface area contributed by atoms with Crippen molar-refractivity contribution < 1.29 is 19.6 Å². The average molecular weight is 306 g/mol. The third-order valence-electron chi connectivity index (χ3n) is 3.88. The Labute approximate surface area is 127 Å².